The van der Waals surface area contributed by atoms with Crippen molar-refractivity contribution < 1.29 is 48.3 Å². The number of aliphatic carboxylic acids is 1. The number of benzene rings is 1. The monoisotopic (exact) mass is 939 g/mol. The molecule has 67 heavy (non-hydrogen) atoms. The summed E-state index contributed by atoms with van der Waals surface area (Å²) in [6, 6.07) is 11.5. The van der Waals surface area contributed by atoms with Gasteiger partial charge in [0, 0.05) is 56.1 Å². The number of likely N-dealkylation sites (N-methyl/N-ethyl adjacent to an activating group) is 1. The Morgan fingerprint density at radius 3 is 2.28 bits per heavy atom. The van der Waals surface area contributed by atoms with Crippen molar-refractivity contribution in [3.63, 3.8) is 0 Å². The second-order valence-corrected chi connectivity index (χ2v) is 16.8. The van der Waals surface area contributed by atoms with Crippen LogP contribution in [0.25, 0.3) is 10.9 Å². The summed E-state index contributed by atoms with van der Waals surface area (Å²) in [7, 11) is 2.06. The number of rotatable bonds is 36. The van der Waals surface area contributed by atoms with Gasteiger partial charge in [-0.3, -0.25) is 4.79 Å². The summed E-state index contributed by atoms with van der Waals surface area (Å²) in [5.74, 6) is 0.563. The number of nitrogens with zero attached hydrogens (tertiary/aromatic N) is 5. The molecule has 0 aliphatic carbocycles. The number of aldehydes is 1. The van der Waals surface area contributed by atoms with Gasteiger partial charge in [0.15, 0.2) is 0 Å². The second-order valence-electron chi connectivity index (χ2n) is 16.8. The Balaban J connectivity index is 0.00000110. The van der Waals surface area contributed by atoms with Crippen molar-refractivity contribution in [2.45, 2.75) is 95.6 Å². The molecule has 3 aromatic rings. The van der Waals surface area contributed by atoms with E-state index in [-0.39, 0.29) is 5.91 Å². The zero-order valence-electron chi connectivity index (χ0n) is 39.9. The van der Waals surface area contributed by atoms with Gasteiger partial charge in [0.05, 0.1) is 78.2 Å². The molecule has 1 aromatic carbocycles. The number of carbonyl (C=O) groups is 3. The van der Waals surface area contributed by atoms with E-state index in [2.05, 4.69) is 54.9 Å². The first kappa shape index (κ1) is 55.2. The van der Waals surface area contributed by atoms with E-state index in [9.17, 15) is 19.5 Å². The van der Waals surface area contributed by atoms with Crippen LogP contribution in [0.3, 0.4) is 0 Å². The van der Waals surface area contributed by atoms with Crippen LogP contribution in [0, 0.1) is 0 Å². The quantitative estimate of drug-likeness (QED) is 0.0404. The molecule has 0 bridgehead atoms. The number of pyridine rings is 1. The number of ether oxygens (including phenoxy) is 5. The molecule has 5 N–H and O–H groups in total. The molecule has 0 radical (unpaired) electrons. The average Bonchev–Trinajstić information content (AvgIpc) is 3.77. The first-order chi connectivity index (χ1) is 32.9. The van der Waals surface area contributed by atoms with E-state index in [0.29, 0.717) is 123 Å². The van der Waals surface area contributed by atoms with Crippen molar-refractivity contribution in [3.05, 3.63) is 54.0 Å². The van der Waals surface area contributed by atoms with Gasteiger partial charge in [0.1, 0.15) is 30.3 Å². The molecule has 2 aliphatic rings. The summed E-state index contributed by atoms with van der Waals surface area (Å²) in [4.78, 5) is 52.4. The Morgan fingerprint density at radius 1 is 0.866 bits per heavy atom. The Kier molecular flexibility index (Phi) is 28.7. The number of carboxylic acid groups (broad SMARTS) is 1. The van der Waals surface area contributed by atoms with Crippen molar-refractivity contribution in [2.24, 2.45) is 0 Å². The summed E-state index contributed by atoms with van der Waals surface area (Å²) >= 11 is 0. The third-order valence-electron chi connectivity index (χ3n) is 11.7. The van der Waals surface area contributed by atoms with Gasteiger partial charge in [-0.05, 0) is 108 Å². The molecule has 2 aliphatic heterocycles. The normalized spacial score (nSPS) is 15.1. The molecule has 18 nitrogen and oxygen atoms in total. The highest BCUT2D eigenvalue weighted by molar-refractivity contribution is 5.90. The standard InChI is InChI=1S/C43H65N7O9.C6H13NO/c51-23-8-2-1-6-18-44-40(52)17-24-55-26-28-57-30-32-59-33-31-58-29-27-56-25-22-50(20-7-5-11-36-15-14-35-10-9-19-45-41(35)48-36)21-16-39(43(53)54)49-42-37-12-3-4-13-38(37)46-34-47-42;1-7-4-2-3-6(7)5-8/h3-4,12-15,23,34,39H,1-2,5-11,16-22,24-33H2,(H,44,52)(H,45,48)(H,53,54)(H,46,47,49);6,8H,2-5H2,1H3. The minimum Gasteiger partial charge on any atom is -0.480 e. The predicted octanol–water partition coefficient (Wildman–Crippen LogP) is 4.38. The molecular weight excluding hydrogens is 861 g/mol. The number of hydrogen-bond acceptors (Lipinski definition) is 16. The van der Waals surface area contributed by atoms with E-state index in [0.717, 1.165) is 99.7 Å². The van der Waals surface area contributed by atoms with Crippen molar-refractivity contribution in [1.82, 2.24) is 30.1 Å². The van der Waals surface area contributed by atoms with Gasteiger partial charge in [-0.2, -0.15) is 0 Å². The minimum absolute atomic E-state index is 0.0357. The number of aryl methyl sites for hydroxylation is 2. The van der Waals surface area contributed by atoms with Crippen LogP contribution in [-0.2, 0) is 50.9 Å². The largest absolute Gasteiger partial charge is 0.480 e. The van der Waals surface area contributed by atoms with Crippen LogP contribution in [0.15, 0.2) is 42.7 Å². The Bertz CT molecular complexity index is 1810. The molecule has 374 valence electrons. The predicted molar refractivity (Wildman–Crippen MR) is 259 cm³/mol. The van der Waals surface area contributed by atoms with Gasteiger partial charge in [-0.1, -0.05) is 24.6 Å². The fourth-order valence-corrected chi connectivity index (χ4v) is 7.73. The maximum atomic E-state index is 12.3. The number of aliphatic hydroxyl groups excluding tert-OH is 1. The summed E-state index contributed by atoms with van der Waals surface area (Å²) in [6.07, 6.45) is 13.8. The molecule has 0 saturated carbocycles. The summed E-state index contributed by atoms with van der Waals surface area (Å²) < 4.78 is 28.1. The fourth-order valence-electron chi connectivity index (χ4n) is 7.73. The summed E-state index contributed by atoms with van der Waals surface area (Å²) in [5, 5.41) is 29.0. The van der Waals surface area contributed by atoms with Crippen molar-refractivity contribution in [2.75, 3.05) is 130 Å². The van der Waals surface area contributed by atoms with Gasteiger partial charge in [-0.15, -0.1) is 0 Å². The number of amides is 1. The van der Waals surface area contributed by atoms with E-state index < -0.39 is 12.0 Å². The highest BCUT2D eigenvalue weighted by Gasteiger charge is 2.21. The molecule has 1 amide bonds. The smallest absolute Gasteiger partial charge is 0.326 e. The van der Waals surface area contributed by atoms with Crippen LogP contribution < -0.4 is 16.0 Å². The molecule has 1 fully saturated rings. The van der Waals surface area contributed by atoms with E-state index >= 15 is 0 Å². The van der Waals surface area contributed by atoms with Gasteiger partial charge in [-0.25, -0.2) is 19.7 Å². The maximum Gasteiger partial charge on any atom is 0.326 e. The molecule has 5 rings (SSSR count). The zero-order valence-corrected chi connectivity index (χ0v) is 39.9. The molecule has 2 unspecified atom stereocenters. The topological polar surface area (TPSA) is 219 Å². The Morgan fingerprint density at radius 2 is 1.60 bits per heavy atom. The highest BCUT2D eigenvalue weighted by atomic mass is 16.6. The Labute approximate surface area is 397 Å². The van der Waals surface area contributed by atoms with Crippen LogP contribution in [0.2, 0.25) is 0 Å². The van der Waals surface area contributed by atoms with Crippen molar-refractivity contribution in [1.29, 1.82) is 0 Å². The lowest BCUT2D eigenvalue weighted by Gasteiger charge is -2.25. The number of aliphatic hydroxyl groups is 1. The van der Waals surface area contributed by atoms with Crippen LogP contribution in [0.1, 0.15) is 81.9 Å². The van der Waals surface area contributed by atoms with Crippen LogP contribution >= 0.6 is 0 Å². The number of unbranched alkanes of at least 4 members (excludes halogenated alkanes) is 4. The lowest BCUT2D eigenvalue weighted by atomic mass is 10.1. The number of anilines is 2. The number of hydrogen-bond donors (Lipinski definition) is 5. The number of para-hydroxylation sites is 1. The molecule has 0 spiro atoms. The third-order valence-corrected chi connectivity index (χ3v) is 11.7. The Hall–Kier alpha value is -4.40. The third kappa shape index (κ3) is 23.4. The first-order valence-electron chi connectivity index (χ1n) is 24.4. The van der Waals surface area contributed by atoms with E-state index in [1.165, 1.54) is 24.7 Å². The highest BCUT2D eigenvalue weighted by Crippen LogP contribution is 2.22. The van der Waals surface area contributed by atoms with Gasteiger partial charge in [0.25, 0.3) is 0 Å². The van der Waals surface area contributed by atoms with Gasteiger partial charge < -0.3 is 64.4 Å². The van der Waals surface area contributed by atoms with Crippen LogP contribution in [0.4, 0.5) is 11.6 Å². The second kappa shape index (κ2) is 34.8. The number of likely N-dealkylation sites (tertiary alicyclic amines) is 1. The number of carboxylic acids is 1. The molecule has 4 heterocycles. The lowest BCUT2D eigenvalue weighted by molar-refractivity contribution is -0.138. The average molecular weight is 939 g/mol. The maximum absolute atomic E-state index is 12.3. The fraction of sp³-hybridized carbons (Fsp3) is 0.673. The SMILES string of the molecule is CN1CCCC1CO.O=CCCCCCNC(=O)CCOCCOCCOCCOCCOCCN(CCCCc1ccc2c(n1)NCCC2)CCC(Nc1ncnc2ccccc12)C(=O)O. The molecule has 2 aromatic heterocycles. The van der Waals surface area contributed by atoms with E-state index in [1.807, 2.05) is 24.3 Å². The first-order valence-corrected chi connectivity index (χ1v) is 24.4. The van der Waals surface area contributed by atoms with E-state index in [4.69, 9.17) is 33.8 Å². The molecule has 2 atom stereocenters. The van der Waals surface area contributed by atoms with Crippen LogP contribution in [0.5, 0.6) is 0 Å². The number of carbonyl (C=O) groups excluding carboxylic acids is 2. The minimum atomic E-state index is -0.930. The van der Waals surface area contributed by atoms with Gasteiger partial charge >= 0.3 is 5.97 Å². The number of aromatic nitrogens is 3. The van der Waals surface area contributed by atoms with E-state index in [1.54, 1.807) is 0 Å². The number of fused-ring (bicyclic) bond motifs is 2. The molecule has 18 heteroatoms. The van der Waals surface area contributed by atoms with Crippen molar-refractivity contribution >= 4 is 40.7 Å². The number of nitrogens with one attached hydrogen (secondary N) is 3. The van der Waals surface area contributed by atoms with Crippen molar-refractivity contribution in [3.8, 4) is 0 Å². The lowest BCUT2D eigenvalue weighted by Crippen LogP contribution is -2.37. The summed E-state index contributed by atoms with van der Waals surface area (Å²) in [5.41, 5.74) is 3.13. The van der Waals surface area contributed by atoms with Gasteiger partial charge in [0.2, 0.25) is 5.91 Å². The molecular formula is C49H78N8O10. The molecule has 1 saturated heterocycles. The van der Waals surface area contributed by atoms with Crippen LogP contribution in [-0.4, -0.2) is 184 Å². The zero-order chi connectivity index (χ0) is 47.6. The summed E-state index contributed by atoms with van der Waals surface area (Å²) in [6.45, 7) is 9.47.